The van der Waals surface area contributed by atoms with Gasteiger partial charge in [0.25, 0.3) is 5.91 Å². The smallest absolute Gasteiger partial charge is 0.251 e. The molecule has 1 aliphatic carbocycles. The fourth-order valence-corrected chi connectivity index (χ4v) is 2.36. The number of thiol groups is 1. The van der Waals surface area contributed by atoms with Crippen LogP contribution in [0.15, 0.2) is 29.2 Å². The Hall–Kier alpha value is -0.960. The maximum absolute atomic E-state index is 12.0. The van der Waals surface area contributed by atoms with Gasteiger partial charge in [-0.05, 0) is 43.9 Å². The molecule has 1 aliphatic rings. The summed E-state index contributed by atoms with van der Waals surface area (Å²) in [6.45, 7) is 2.13. The van der Waals surface area contributed by atoms with Crippen LogP contribution in [0.3, 0.4) is 0 Å². The Morgan fingerprint density at radius 3 is 2.75 bits per heavy atom. The maximum Gasteiger partial charge on any atom is 0.251 e. The molecule has 0 spiro atoms. The molecule has 0 atom stereocenters. The quantitative estimate of drug-likeness (QED) is 0.775. The lowest BCUT2D eigenvalue weighted by molar-refractivity contribution is 0.0820. The first-order valence-corrected chi connectivity index (χ1v) is 6.21. The van der Waals surface area contributed by atoms with Crippen LogP contribution < -0.4 is 5.32 Å². The van der Waals surface area contributed by atoms with Gasteiger partial charge in [0.2, 0.25) is 0 Å². The Labute approximate surface area is 102 Å². The van der Waals surface area contributed by atoms with Gasteiger partial charge in [-0.25, -0.2) is 0 Å². The van der Waals surface area contributed by atoms with Crippen LogP contribution in [-0.2, 0) is 0 Å². The molecule has 0 saturated heterocycles. The van der Waals surface area contributed by atoms with Gasteiger partial charge >= 0.3 is 0 Å². The lowest BCUT2D eigenvalue weighted by atomic mass is 9.74. The Kier molecular flexibility index (Phi) is 3.24. The van der Waals surface area contributed by atoms with Crippen LogP contribution in [0.4, 0.5) is 0 Å². The van der Waals surface area contributed by atoms with E-state index in [0.717, 1.165) is 24.2 Å². The highest BCUT2D eigenvalue weighted by Gasteiger charge is 2.36. The van der Waals surface area contributed by atoms with Gasteiger partial charge in [-0.15, -0.1) is 12.6 Å². The second-order valence-corrected chi connectivity index (χ2v) is 5.01. The Morgan fingerprint density at radius 2 is 2.25 bits per heavy atom. The molecule has 0 bridgehead atoms. The van der Waals surface area contributed by atoms with Crippen LogP contribution >= 0.6 is 12.6 Å². The fourth-order valence-electron chi connectivity index (χ4n) is 2.13. The molecule has 0 radical (unpaired) electrons. The minimum Gasteiger partial charge on any atom is -0.347 e. The van der Waals surface area contributed by atoms with Gasteiger partial charge in [-0.1, -0.05) is 13.0 Å². The van der Waals surface area contributed by atoms with Crippen molar-refractivity contribution >= 4 is 18.5 Å². The number of carbonyl (C=O) groups excluding carboxylic acids is 1. The van der Waals surface area contributed by atoms with Crippen molar-refractivity contribution in [3.05, 3.63) is 29.8 Å². The van der Waals surface area contributed by atoms with E-state index in [4.69, 9.17) is 0 Å². The number of hydrogen-bond donors (Lipinski definition) is 2. The molecule has 2 rings (SSSR count). The van der Waals surface area contributed by atoms with E-state index in [1.54, 1.807) is 6.07 Å². The molecule has 0 aromatic heterocycles. The van der Waals surface area contributed by atoms with E-state index in [2.05, 4.69) is 24.9 Å². The third-order valence-corrected chi connectivity index (χ3v) is 3.75. The lowest BCUT2D eigenvalue weighted by Gasteiger charge is -2.42. The zero-order valence-electron chi connectivity index (χ0n) is 9.49. The van der Waals surface area contributed by atoms with Crippen molar-refractivity contribution in [1.82, 2.24) is 5.32 Å². The van der Waals surface area contributed by atoms with Gasteiger partial charge < -0.3 is 5.32 Å². The average molecular weight is 235 g/mol. The molecular formula is C13H17NOS. The molecule has 1 amide bonds. The monoisotopic (exact) mass is 235 g/mol. The number of rotatable bonds is 3. The summed E-state index contributed by atoms with van der Waals surface area (Å²) >= 11 is 4.24. The van der Waals surface area contributed by atoms with E-state index >= 15 is 0 Å². The van der Waals surface area contributed by atoms with Crippen molar-refractivity contribution in [3.63, 3.8) is 0 Å². The largest absolute Gasteiger partial charge is 0.347 e. The predicted octanol–water partition coefficient (Wildman–Crippen LogP) is 3.04. The van der Waals surface area contributed by atoms with Gasteiger partial charge in [0, 0.05) is 16.0 Å². The Bertz CT molecular complexity index is 393. The first-order valence-electron chi connectivity index (χ1n) is 5.77. The molecular weight excluding hydrogens is 218 g/mol. The summed E-state index contributed by atoms with van der Waals surface area (Å²) in [7, 11) is 0. The summed E-state index contributed by atoms with van der Waals surface area (Å²) < 4.78 is 0. The van der Waals surface area contributed by atoms with E-state index in [9.17, 15) is 4.79 Å². The molecule has 0 unspecified atom stereocenters. The number of carbonyl (C=O) groups is 1. The van der Waals surface area contributed by atoms with Crippen LogP contribution in [0.1, 0.15) is 43.0 Å². The standard InChI is InChI=1S/C13H17NOS/c1-2-13(7-4-8-13)14-12(15)10-5-3-6-11(16)9-10/h3,5-6,9,16H,2,4,7-8H2,1H3,(H,14,15). The second-order valence-electron chi connectivity index (χ2n) is 4.49. The van der Waals surface area contributed by atoms with E-state index in [-0.39, 0.29) is 11.4 Å². The summed E-state index contributed by atoms with van der Waals surface area (Å²) in [5.74, 6) is 0.0254. The zero-order valence-corrected chi connectivity index (χ0v) is 10.4. The van der Waals surface area contributed by atoms with Crippen molar-refractivity contribution in [1.29, 1.82) is 0 Å². The molecule has 1 saturated carbocycles. The third kappa shape index (κ3) is 2.24. The highest BCUT2D eigenvalue weighted by Crippen LogP contribution is 2.34. The molecule has 3 heteroatoms. The number of nitrogens with one attached hydrogen (secondary N) is 1. The average Bonchev–Trinajstić information content (AvgIpc) is 2.23. The van der Waals surface area contributed by atoms with Gasteiger partial charge in [0.05, 0.1) is 0 Å². The van der Waals surface area contributed by atoms with Crippen LogP contribution in [0, 0.1) is 0 Å². The number of benzene rings is 1. The molecule has 1 aromatic rings. The van der Waals surface area contributed by atoms with Crippen LogP contribution in [0.2, 0.25) is 0 Å². The summed E-state index contributed by atoms with van der Waals surface area (Å²) in [5.41, 5.74) is 0.760. The summed E-state index contributed by atoms with van der Waals surface area (Å²) in [4.78, 5) is 12.8. The topological polar surface area (TPSA) is 29.1 Å². The third-order valence-electron chi connectivity index (χ3n) is 3.47. The minimum absolute atomic E-state index is 0.0254. The van der Waals surface area contributed by atoms with Gasteiger partial charge in [-0.3, -0.25) is 4.79 Å². The van der Waals surface area contributed by atoms with Crippen LogP contribution in [0.25, 0.3) is 0 Å². The first kappa shape index (κ1) is 11.5. The summed E-state index contributed by atoms with van der Waals surface area (Å²) in [5, 5.41) is 3.15. The Balaban J connectivity index is 2.08. The predicted molar refractivity (Wildman–Crippen MR) is 68.0 cm³/mol. The van der Waals surface area contributed by atoms with Gasteiger partial charge in [0.1, 0.15) is 0 Å². The van der Waals surface area contributed by atoms with E-state index in [0.29, 0.717) is 5.56 Å². The van der Waals surface area contributed by atoms with E-state index in [1.807, 2.05) is 18.2 Å². The molecule has 0 heterocycles. The van der Waals surface area contributed by atoms with Gasteiger partial charge in [-0.2, -0.15) is 0 Å². The molecule has 0 aliphatic heterocycles. The van der Waals surface area contributed by atoms with Crippen molar-refractivity contribution in [2.45, 2.75) is 43.0 Å². The molecule has 86 valence electrons. The highest BCUT2D eigenvalue weighted by molar-refractivity contribution is 7.80. The normalized spacial score (nSPS) is 17.6. The van der Waals surface area contributed by atoms with E-state index in [1.165, 1.54) is 6.42 Å². The van der Waals surface area contributed by atoms with E-state index < -0.39 is 0 Å². The van der Waals surface area contributed by atoms with Gasteiger partial charge in [0.15, 0.2) is 0 Å². The molecule has 1 fully saturated rings. The number of amides is 1. The number of hydrogen-bond acceptors (Lipinski definition) is 2. The molecule has 2 nitrogen and oxygen atoms in total. The molecule has 1 aromatic carbocycles. The molecule has 1 N–H and O–H groups in total. The van der Waals surface area contributed by atoms with Crippen molar-refractivity contribution < 1.29 is 4.79 Å². The van der Waals surface area contributed by atoms with Crippen molar-refractivity contribution in [2.75, 3.05) is 0 Å². The second kappa shape index (κ2) is 4.50. The van der Waals surface area contributed by atoms with Crippen molar-refractivity contribution in [3.8, 4) is 0 Å². The minimum atomic E-state index is 0.0254. The van der Waals surface area contributed by atoms with Crippen LogP contribution in [-0.4, -0.2) is 11.4 Å². The SMILES string of the molecule is CCC1(NC(=O)c2cccc(S)c2)CCC1. The zero-order chi connectivity index (χ0) is 11.6. The Morgan fingerprint density at radius 1 is 1.50 bits per heavy atom. The van der Waals surface area contributed by atoms with Crippen LogP contribution in [0.5, 0.6) is 0 Å². The first-order chi connectivity index (χ1) is 7.65. The highest BCUT2D eigenvalue weighted by atomic mass is 32.1. The van der Waals surface area contributed by atoms with Crippen molar-refractivity contribution in [2.24, 2.45) is 0 Å². The maximum atomic E-state index is 12.0. The lowest BCUT2D eigenvalue weighted by Crippen LogP contribution is -2.52. The summed E-state index contributed by atoms with van der Waals surface area (Å²) in [6, 6.07) is 7.37. The fraction of sp³-hybridized carbons (Fsp3) is 0.462. The summed E-state index contributed by atoms with van der Waals surface area (Å²) in [6.07, 6.45) is 4.45. The molecule has 16 heavy (non-hydrogen) atoms.